The van der Waals surface area contributed by atoms with E-state index in [-0.39, 0.29) is 24.3 Å². The molecule has 12 heteroatoms. The molecule has 2 aromatic carbocycles. The minimum absolute atomic E-state index is 0.252. The normalized spacial score (nSPS) is 19.6. The van der Waals surface area contributed by atoms with Crippen molar-refractivity contribution in [1.29, 1.82) is 0 Å². The Morgan fingerprint density at radius 1 is 0.630 bits per heavy atom. The number of benzene rings is 2. The van der Waals surface area contributed by atoms with Gasteiger partial charge in [0.05, 0.1) is 26.4 Å². The van der Waals surface area contributed by atoms with Crippen LogP contribution in [-0.2, 0) is 39.7 Å². The lowest BCUT2D eigenvalue weighted by atomic mass is 9.93. The molecule has 0 saturated heterocycles. The summed E-state index contributed by atoms with van der Waals surface area (Å²) >= 11 is 0. The summed E-state index contributed by atoms with van der Waals surface area (Å²) in [5.41, 5.74) is -1.47. The summed E-state index contributed by atoms with van der Waals surface area (Å²) in [7, 11) is 0. The average Bonchev–Trinajstić information content (AvgIpc) is 3.51. The zero-order chi connectivity index (χ0) is 33.2. The second-order valence-corrected chi connectivity index (χ2v) is 11.5. The van der Waals surface area contributed by atoms with Crippen LogP contribution in [0.25, 0.3) is 0 Å². The maximum Gasteiger partial charge on any atom is 0.343 e. The SMILES string of the molecule is CC(=O)OC[C@@]1(CO)OC(=O)c2c(OCCCCCCCCCCOc3cccc4c3C(=O)O[C@]4(CO)COC(C)=O)cccc21. The van der Waals surface area contributed by atoms with Crippen molar-refractivity contribution in [3.05, 3.63) is 58.7 Å². The van der Waals surface area contributed by atoms with Gasteiger partial charge in [-0.1, -0.05) is 62.8 Å². The minimum atomic E-state index is -1.43. The Morgan fingerprint density at radius 2 is 1.00 bits per heavy atom. The highest BCUT2D eigenvalue weighted by molar-refractivity contribution is 5.98. The van der Waals surface area contributed by atoms with Gasteiger partial charge in [0.1, 0.15) is 35.8 Å². The molecule has 2 aromatic rings. The van der Waals surface area contributed by atoms with E-state index < -0.39 is 48.3 Å². The Labute approximate surface area is 267 Å². The number of ether oxygens (including phenoxy) is 6. The Hall–Kier alpha value is -4.16. The van der Waals surface area contributed by atoms with E-state index >= 15 is 0 Å². The molecule has 0 spiro atoms. The zero-order valence-corrected chi connectivity index (χ0v) is 26.3. The smallest absolute Gasteiger partial charge is 0.343 e. The third kappa shape index (κ3) is 7.97. The van der Waals surface area contributed by atoms with Crippen molar-refractivity contribution in [2.75, 3.05) is 39.6 Å². The highest BCUT2D eigenvalue weighted by Gasteiger charge is 2.49. The van der Waals surface area contributed by atoms with Gasteiger partial charge in [0.2, 0.25) is 0 Å². The van der Waals surface area contributed by atoms with Crippen molar-refractivity contribution in [3.8, 4) is 11.5 Å². The van der Waals surface area contributed by atoms with Crippen molar-refractivity contribution in [1.82, 2.24) is 0 Å². The highest BCUT2D eigenvalue weighted by Crippen LogP contribution is 2.42. The number of fused-ring (bicyclic) bond motifs is 2. The molecule has 0 radical (unpaired) electrons. The average molecular weight is 643 g/mol. The first-order valence-corrected chi connectivity index (χ1v) is 15.6. The van der Waals surface area contributed by atoms with Gasteiger partial charge in [-0.3, -0.25) is 9.59 Å². The molecule has 250 valence electrons. The van der Waals surface area contributed by atoms with Crippen LogP contribution in [0.2, 0.25) is 0 Å². The van der Waals surface area contributed by atoms with Crippen LogP contribution < -0.4 is 9.47 Å². The Morgan fingerprint density at radius 3 is 1.35 bits per heavy atom. The summed E-state index contributed by atoms with van der Waals surface area (Å²) in [4.78, 5) is 47.8. The molecule has 0 unspecified atom stereocenters. The van der Waals surface area contributed by atoms with Crippen LogP contribution in [0.3, 0.4) is 0 Å². The fourth-order valence-corrected chi connectivity index (χ4v) is 5.66. The van der Waals surface area contributed by atoms with Gasteiger partial charge in [-0.25, -0.2) is 9.59 Å². The van der Waals surface area contributed by atoms with Crippen molar-refractivity contribution in [2.24, 2.45) is 0 Å². The number of hydrogen-bond acceptors (Lipinski definition) is 12. The molecular formula is C34H42O12. The van der Waals surface area contributed by atoms with Crippen molar-refractivity contribution >= 4 is 23.9 Å². The first-order chi connectivity index (χ1) is 22.2. The highest BCUT2D eigenvalue weighted by atomic mass is 16.6. The van der Waals surface area contributed by atoms with E-state index in [1.165, 1.54) is 13.8 Å². The number of rotatable bonds is 19. The van der Waals surface area contributed by atoms with Gasteiger partial charge < -0.3 is 38.6 Å². The third-order valence-corrected chi connectivity index (χ3v) is 8.10. The van der Waals surface area contributed by atoms with Crippen LogP contribution in [-0.4, -0.2) is 73.7 Å². The van der Waals surface area contributed by atoms with Crippen LogP contribution in [0.1, 0.15) is 97.1 Å². The Bertz CT molecular complexity index is 1300. The van der Waals surface area contributed by atoms with Gasteiger partial charge in [-0.05, 0) is 25.0 Å². The predicted molar refractivity (Wildman–Crippen MR) is 162 cm³/mol. The molecule has 2 atom stereocenters. The van der Waals surface area contributed by atoms with E-state index in [1.54, 1.807) is 36.4 Å². The van der Waals surface area contributed by atoms with E-state index in [9.17, 15) is 29.4 Å². The number of carbonyl (C=O) groups is 4. The second-order valence-electron chi connectivity index (χ2n) is 11.5. The summed E-state index contributed by atoms with van der Waals surface area (Å²) in [6.45, 7) is 1.76. The number of aliphatic hydroxyl groups excluding tert-OH is 2. The summed E-state index contributed by atoms with van der Waals surface area (Å²) in [6.07, 6.45) is 7.81. The first-order valence-electron chi connectivity index (χ1n) is 15.6. The summed E-state index contributed by atoms with van der Waals surface area (Å²) in [5, 5.41) is 19.9. The molecule has 0 fully saturated rings. The molecule has 2 heterocycles. The third-order valence-electron chi connectivity index (χ3n) is 8.10. The molecule has 12 nitrogen and oxygen atoms in total. The molecule has 0 bridgehead atoms. The van der Waals surface area contributed by atoms with Crippen molar-refractivity contribution in [3.63, 3.8) is 0 Å². The minimum Gasteiger partial charge on any atom is -0.493 e. The van der Waals surface area contributed by atoms with Crippen LogP contribution in [0.4, 0.5) is 0 Å². The number of unbranched alkanes of at least 4 members (excludes halogenated alkanes) is 7. The van der Waals surface area contributed by atoms with Gasteiger partial charge in [0.15, 0.2) is 11.2 Å². The zero-order valence-electron chi connectivity index (χ0n) is 26.3. The van der Waals surface area contributed by atoms with Crippen LogP contribution in [0.15, 0.2) is 36.4 Å². The fourth-order valence-electron chi connectivity index (χ4n) is 5.66. The van der Waals surface area contributed by atoms with Crippen molar-refractivity contribution in [2.45, 2.75) is 76.4 Å². The fraction of sp³-hybridized carbons (Fsp3) is 0.529. The monoisotopic (exact) mass is 642 g/mol. The Kier molecular flexibility index (Phi) is 12.0. The quantitative estimate of drug-likeness (QED) is 0.128. The molecule has 2 N–H and O–H groups in total. The lowest BCUT2D eigenvalue weighted by Gasteiger charge is -2.25. The molecule has 0 saturated carbocycles. The van der Waals surface area contributed by atoms with E-state index in [4.69, 9.17) is 28.4 Å². The lowest BCUT2D eigenvalue weighted by molar-refractivity contribution is -0.152. The van der Waals surface area contributed by atoms with Gasteiger partial charge in [0.25, 0.3) is 0 Å². The van der Waals surface area contributed by atoms with Gasteiger partial charge >= 0.3 is 23.9 Å². The van der Waals surface area contributed by atoms with Crippen molar-refractivity contribution < 1.29 is 57.8 Å². The van der Waals surface area contributed by atoms with Gasteiger partial charge in [-0.15, -0.1) is 0 Å². The van der Waals surface area contributed by atoms with E-state index in [0.29, 0.717) is 35.8 Å². The van der Waals surface area contributed by atoms with E-state index in [1.807, 2.05) is 0 Å². The second kappa shape index (κ2) is 15.9. The molecule has 2 aliphatic rings. The number of hydrogen-bond donors (Lipinski definition) is 2. The van der Waals surface area contributed by atoms with Gasteiger partial charge in [0, 0.05) is 25.0 Å². The summed E-state index contributed by atoms with van der Waals surface area (Å²) in [6, 6.07) is 10.1. The molecular weight excluding hydrogens is 600 g/mol. The molecule has 4 rings (SSSR count). The topological polar surface area (TPSA) is 164 Å². The number of carbonyl (C=O) groups excluding carboxylic acids is 4. The number of aliphatic hydroxyl groups is 2. The molecule has 0 amide bonds. The molecule has 46 heavy (non-hydrogen) atoms. The largest absolute Gasteiger partial charge is 0.493 e. The Balaban J connectivity index is 1.11. The predicted octanol–water partition coefficient (Wildman–Crippen LogP) is 4.11. The maximum absolute atomic E-state index is 12.6. The van der Waals surface area contributed by atoms with E-state index in [2.05, 4.69) is 0 Å². The summed E-state index contributed by atoms with van der Waals surface area (Å²) in [5.74, 6) is -1.54. The van der Waals surface area contributed by atoms with Crippen LogP contribution in [0, 0.1) is 0 Å². The number of cyclic esters (lactones) is 2. The van der Waals surface area contributed by atoms with E-state index in [0.717, 1.165) is 51.4 Å². The molecule has 2 aliphatic heterocycles. The van der Waals surface area contributed by atoms with Crippen LogP contribution in [0.5, 0.6) is 11.5 Å². The van der Waals surface area contributed by atoms with Crippen LogP contribution >= 0.6 is 0 Å². The number of esters is 4. The maximum atomic E-state index is 12.6. The molecule has 0 aromatic heterocycles. The standard InChI is InChI=1S/C34H42O12/c1-23(37)43-21-33(19-35)25-13-11-15-27(29(25)31(39)45-33)41-17-9-7-5-3-4-6-8-10-18-42-28-16-12-14-26-30(28)32(40)46-34(26,20-36)22-44-24(2)38/h11-16,35-36H,3-10,17-22H2,1-2H3/t33-,34-/m1/s1. The summed E-state index contributed by atoms with van der Waals surface area (Å²) < 4.78 is 32.8. The first kappa shape index (κ1) is 34.7. The molecule has 0 aliphatic carbocycles. The van der Waals surface area contributed by atoms with Gasteiger partial charge in [-0.2, -0.15) is 0 Å². The lowest BCUT2D eigenvalue weighted by Crippen LogP contribution is -2.36.